The first-order chi connectivity index (χ1) is 7.50. The van der Waals surface area contributed by atoms with Crippen LogP contribution in [0.3, 0.4) is 0 Å². The standard InChI is InChI=1S/C12H20BrNOS/c1-8(2)10(15)6-7-14-9(3)11-4-5-12(13)16-11/h4-5,8-10,14-15H,6-7H2,1-3H3. The molecule has 0 aliphatic heterocycles. The highest BCUT2D eigenvalue weighted by atomic mass is 79.9. The van der Waals surface area contributed by atoms with Crippen molar-refractivity contribution in [2.45, 2.75) is 39.3 Å². The van der Waals surface area contributed by atoms with Crippen molar-refractivity contribution >= 4 is 27.3 Å². The predicted octanol–water partition coefficient (Wildman–Crippen LogP) is 3.57. The van der Waals surface area contributed by atoms with E-state index in [0.29, 0.717) is 12.0 Å². The second-order valence-corrected chi connectivity index (χ2v) is 6.91. The number of halogens is 1. The van der Waals surface area contributed by atoms with E-state index in [0.717, 1.165) is 13.0 Å². The average molecular weight is 306 g/mol. The Morgan fingerprint density at radius 2 is 2.06 bits per heavy atom. The summed E-state index contributed by atoms with van der Waals surface area (Å²) in [4.78, 5) is 1.32. The summed E-state index contributed by atoms with van der Waals surface area (Å²) in [5.74, 6) is 0.341. The monoisotopic (exact) mass is 305 g/mol. The molecule has 0 aromatic carbocycles. The van der Waals surface area contributed by atoms with Crippen molar-refractivity contribution < 1.29 is 5.11 Å². The molecule has 0 saturated heterocycles. The lowest BCUT2D eigenvalue weighted by Crippen LogP contribution is -2.25. The molecule has 1 heterocycles. The van der Waals surface area contributed by atoms with Gasteiger partial charge in [0, 0.05) is 10.9 Å². The molecular weight excluding hydrogens is 286 g/mol. The fraction of sp³-hybridized carbons (Fsp3) is 0.667. The van der Waals surface area contributed by atoms with Crippen molar-refractivity contribution in [3.05, 3.63) is 20.8 Å². The molecule has 1 aromatic heterocycles. The summed E-state index contributed by atoms with van der Waals surface area (Å²) in [5, 5.41) is 13.1. The number of thiophene rings is 1. The molecule has 16 heavy (non-hydrogen) atoms. The molecule has 1 aromatic rings. The molecule has 4 heteroatoms. The predicted molar refractivity (Wildman–Crippen MR) is 73.9 cm³/mol. The topological polar surface area (TPSA) is 32.3 Å². The number of hydrogen-bond donors (Lipinski definition) is 2. The van der Waals surface area contributed by atoms with Gasteiger partial charge < -0.3 is 10.4 Å². The van der Waals surface area contributed by atoms with Gasteiger partial charge in [-0.25, -0.2) is 0 Å². The minimum absolute atomic E-state index is 0.199. The van der Waals surface area contributed by atoms with Crippen LogP contribution in [0.5, 0.6) is 0 Å². The Hall–Kier alpha value is 0.1000. The summed E-state index contributed by atoms with van der Waals surface area (Å²) >= 11 is 5.21. The van der Waals surface area contributed by atoms with Gasteiger partial charge in [-0.1, -0.05) is 13.8 Å². The van der Waals surface area contributed by atoms with Crippen molar-refractivity contribution in [1.29, 1.82) is 0 Å². The lowest BCUT2D eigenvalue weighted by atomic mass is 10.0. The van der Waals surface area contributed by atoms with E-state index in [-0.39, 0.29) is 6.10 Å². The summed E-state index contributed by atoms with van der Waals surface area (Å²) < 4.78 is 1.17. The third-order valence-corrected chi connectivity index (χ3v) is 4.49. The van der Waals surface area contributed by atoms with Crippen molar-refractivity contribution in [3.8, 4) is 0 Å². The van der Waals surface area contributed by atoms with Gasteiger partial charge in [-0.15, -0.1) is 11.3 Å². The fourth-order valence-electron chi connectivity index (χ4n) is 1.44. The normalized spacial score (nSPS) is 15.4. The second-order valence-electron chi connectivity index (χ2n) is 4.42. The Bertz CT molecular complexity index is 314. The van der Waals surface area contributed by atoms with E-state index in [2.05, 4.69) is 40.3 Å². The molecule has 1 rings (SSSR count). The highest BCUT2D eigenvalue weighted by Crippen LogP contribution is 2.26. The molecule has 0 spiro atoms. The van der Waals surface area contributed by atoms with Gasteiger partial charge >= 0.3 is 0 Å². The van der Waals surface area contributed by atoms with E-state index >= 15 is 0 Å². The molecule has 2 nitrogen and oxygen atoms in total. The minimum atomic E-state index is -0.199. The molecular formula is C12H20BrNOS. The van der Waals surface area contributed by atoms with Crippen molar-refractivity contribution in [1.82, 2.24) is 5.32 Å². The van der Waals surface area contributed by atoms with E-state index < -0.39 is 0 Å². The smallest absolute Gasteiger partial charge is 0.0701 e. The second kappa shape index (κ2) is 6.74. The van der Waals surface area contributed by atoms with Gasteiger partial charge in [0.25, 0.3) is 0 Å². The lowest BCUT2D eigenvalue weighted by molar-refractivity contribution is 0.115. The van der Waals surface area contributed by atoms with Crippen LogP contribution in [-0.2, 0) is 0 Å². The molecule has 2 unspecified atom stereocenters. The van der Waals surface area contributed by atoms with Crippen LogP contribution in [0.4, 0.5) is 0 Å². The van der Waals surface area contributed by atoms with Crippen LogP contribution in [0.25, 0.3) is 0 Å². The van der Waals surface area contributed by atoms with Gasteiger partial charge in [0.05, 0.1) is 9.89 Å². The van der Waals surface area contributed by atoms with Gasteiger partial charge in [-0.2, -0.15) is 0 Å². The van der Waals surface area contributed by atoms with E-state index in [1.54, 1.807) is 11.3 Å². The zero-order valence-corrected chi connectivity index (χ0v) is 12.4. The lowest BCUT2D eigenvalue weighted by Gasteiger charge is -2.17. The van der Waals surface area contributed by atoms with Crippen LogP contribution in [0.15, 0.2) is 15.9 Å². The first-order valence-corrected chi connectivity index (χ1v) is 7.28. The molecule has 92 valence electrons. The molecule has 2 atom stereocenters. The third-order valence-electron chi connectivity index (χ3n) is 2.68. The average Bonchev–Trinajstić information content (AvgIpc) is 2.64. The third kappa shape index (κ3) is 4.53. The Kier molecular flexibility index (Phi) is 5.97. The van der Waals surface area contributed by atoms with Crippen LogP contribution in [0.1, 0.15) is 38.1 Å². The molecule has 0 fully saturated rings. The molecule has 0 radical (unpaired) electrons. The summed E-state index contributed by atoms with van der Waals surface area (Å²) in [7, 11) is 0. The van der Waals surface area contributed by atoms with Crippen LogP contribution >= 0.6 is 27.3 Å². The Balaban J connectivity index is 2.28. The van der Waals surface area contributed by atoms with E-state index in [4.69, 9.17) is 0 Å². The van der Waals surface area contributed by atoms with Crippen molar-refractivity contribution in [3.63, 3.8) is 0 Å². The molecule has 0 saturated carbocycles. The quantitative estimate of drug-likeness (QED) is 0.842. The number of aliphatic hydroxyl groups excluding tert-OH is 1. The minimum Gasteiger partial charge on any atom is -0.393 e. The SMILES string of the molecule is CC(NCCC(O)C(C)C)c1ccc(Br)s1. The number of nitrogens with one attached hydrogen (secondary N) is 1. The van der Waals surface area contributed by atoms with Gasteiger partial charge in [0.1, 0.15) is 0 Å². The summed E-state index contributed by atoms with van der Waals surface area (Å²) in [6.45, 7) is 7.10. The maximum Gasteiger partial charge on any atom is 0.0701 e. The molecule has 2 N–H and O–H groups in total. The molecule has 0 aliphatic carbocycles. The first-order valence-electron chi connectivity index (χ1n) is 5.67. The van der Waals surface area contributed by atoms with Crippen LogP contribution in [0, 0.1) is 5.92 Å². The highest BCUT2D eigenvalue weighted by Gasteiger charge is 2.11. The fourth-order valence-corrected chi connectivity index (χ4v) is 2.89. The van der Waals surface area contributed by atoms with Gasteiger partial charge in [-0.05, 0) is 53.9 Å². The zero-order valence-electron chi connectivity index (χ0n) is 10.0. The molecule has 0 aliphatic rings. The van der Waals surface area contributed by atoms with E-state index in [1.807, 2.05) is 13.8 Å². The first kappa shape index (κ1) is 14.2. The van der Waals surface area contributed by atoms with Gasteiger partial charge in [0.2, 0.25) is 0 Å². The summed E-state index contributed by atoms with van der Waals surface area (Å²) in [6, 6.07) is 4.56. The Labute approximate surface area is 110 Å². The molecule has 0 amide bonds. The van der Waals surface area contributed by atoms with Crippen molar-refractivity contribution in [2.24, 2.45) is 5.92 Å². The number of hydrogen-bond acceptors (Lipinski definition) is 3. The zero-order chi connectivity index (χ0) is 12.1. The van der Waals surface area contributed by atoms with Gasteiger partial charge in [-0.3, -0.25) is 0 Å². The number of aliphatic hydroxyl groups is 1. The van der Waals surface area contributed by atoms with Gasteiger partial charge in [0.15, 0.2) is 0 Å². The molecule has 0 bridgehead atoms. The highest BCUT2D eigenvalue weighted by molar-refractivity contribution is 9.11. The summed E-state index contributed by atoms with van der Waals surface area (Å²) in [6.07, 6.45) is 0.615. The van der Waals surface area contributed by atoms with Crippen LogP contribution in [-0.4, -0.2) is 17.8 Å². The van der Waals surface area contributed by atoms with Crippen LogP contribution in [0.2, 0.25) is 0 Å². The van der Waals surface area contributed by atoms with Crippen LogP contribution < -0.4 is 5.32 Å². The Morgan fingerprint density at radius 3 is 2.56 bits per heavy atom. The van der Waals surface area contributed by atoms with E-state index in [1.165, 1.54) is 8.66 Å². The maximum absolute atomic E-state index is 9.67. The van der Waals surface area contributed by atoms with Crippen molar-refractivity contribution in [2.75, 3.05) is 6.54 Å². The summed E-state index contributed by atoms with van der Waals surface area (Å²) in [5.41, 5.74) is 0. The number of rotatable bonds is 6. The largest absolute Gasteiger partial charge is 0.393 e. The Morgan fingerprint density at radius 1 is 1.38 bits per heavy atom. The van der Waals surface area contributed by atoms with E-state index in [9.17, 15) is 5.11 Å². The maximum atomic E-state index is 9.67.